The number of rotatable bonds is 3. The van der Waals surface area contributed by atoms with Crippen LogP contribution in [0.3, 0.4) is 0 Å². The summed E-state index contributed by atoms with van der Waals surface area (Å²) in [5.74, 6) is -0.794. The van der Waals surface area contributed by atoms with Gasteiger partial charge in [0.05, 0.1) is 5.41 Å². The first-order valence-electron chi connectivity index (χ1n) is 6.85. The van der Waals surface area contributed by atoms with Crippen LogP contribution in [0.1, 0.15) is 39.0 Å². The molecule has 0 aliphatic carbocycles. The van der Waals surface area contributed by atoms with Crippen molar-refractivity contribution in [1.82, 2.24) is 10.2 Å². The van der Waals surface area contributed by atoms with E-state index in [1.54, 1.807) is 4.90 Å². The fourth-order valence-electron chi connectivity index (χ4n) is 3.20. The Hall–Kier alpha value is -1.10. The van der Waals surface area contributed by atoms with Gasteiger partial charge in [0.2, 0.25) is 5.91 Å². The molecule has 2 N–H and O–H groups in total. The Labute approximate surface area is 108 Å². The van der Waals surface area contributed by atoms with E-state index in [2.05, 4.69) is 5.32 Å². The second-order valence-corrected chi connectivity index (χ2v) is 5.38. The van der Waals surface area contributed by atoms with Crippen molar-refractivity contribution in [3.05, 3.63) is 0 Å². The molecule has 2 heterocycles. The van der Waals surface area contributed by atoms with Crippen LogP contribution >= 0.6 is 0 Å². The highest BCUT2D eigenvalue weighted by atomic mass is 16.4. The van der Waals surface area contributed by atoms with Crippen molar-refractivity contribution in [3.8, 4) is 0 Å². The molecule has 2 aliphatic rings. The lowest BCUT2D eigenvalue weighted by atomic mass is 9.75. The van der Waals surface area contributed by atoms with E-state index in [1.807, 2.05) is 6.92 Å². The summed E-state index contributed by atoms with van der Waals surface area (Å²) >= 11 is 0. The SMILES string of the molecule is CCC1(C(=O)N2CCC[C@H]2C(=O)O)CCNCC1. The van der Waals surface area contributed by atoms with Crippen LogP contribution in [-0.2, 0) is 9.59 Å². The van der Waals surface area contributed by atoms with Crippen LogP contribution in [0, 0.1) is 5.41 Å². The van der Waals surface area contributed by atoms with Crippen molar-refractivity contribution < 1.29 is 14.7 Å². The number of likely N-dealkylation sites (tertiary alicyclic amines) is 1. The van der Waals surface area contributed by atoms with Gasteiger partial charge in [0.25, 0.3) is 0 Å². The van der Waals surface area contributed by atoms with Crippen LogP contribution in [0.4, 0.5) is 0 Å². The average molecular weight is 254 g/mol. The number of aliphatic carboxylic acids is 1. The van der Waals surface area contributed by atoms with E-state index >= 15 is 0 Å². The molecular formula is C13H22N2O3. The Morgan fingerprint density at radius 1 is 1.39 bits per heavy atom. The maximum atomic E-state index is 12.7. The summed E-state index contributed by atoms with van der Waals surface area (Å²) in [6.45, 7) is 4.34. The van der Waals surface area contributed by atoms with E-state index in [4.69, 9.17) is 0 Å². The smallest absolute Gasteiger partial charge is 0.326 e. The zero-order chi connectivity index (χ0) is 13.2. The number of hydrogen-bond donors (Lipinski definition) is 2. The van der Waals surface area contributed by atoms with Gasteiger partial charge in [-0.25, -0.2) is 4.79 Å². The Morgan fingerprint density at radius 3 is 2.61 bits per heavy atom. The zero-order valence-electron chi connectivity index (χ0n) is 10.9. The number of nitrogens with zero attached hydrogens (tertiary/aromatic N) is 1. The molecular weight excluding hydrogens is 232 g/mol. The van der Waals surface area contributed by atoms with Gasteiger partial charge >= 0.3 is 5.97 Å². The third kappa shape index (κ3) is 2.23. The summed E-state index contributed by atoms with van der Waals surface area (Å²) in [7, 11) is 0. The summed E-state index contributed by atoms with van der Waals surface area (Å²) in [6.07, 6.45) is 3.85. The summed E-state index contributed by atoms with van der Waals surface area (Å²) in [5, 5.41) is 12.4. The number of amides is 1. The summed E-state index contributed by atoms with van der Waals surface area (Å²) in [4.78, 5) is 25.5. The Balaban J connectivity index is 2.15. The third-order valence-corrected chi connectivity index (χ3v) is 4.49. The maximum absolute atomic E-state index is 12.7. The van der Waals surface area contributed by atoms with Crippen molar-refractivity contribution in [2.75, 3.05) is 19.6 Å². The molecule has 0 bridgehead atoms. The van der Waals surface area contributed by atoms with Gasteiger partial charge in [0, 0.05) is 6.54 Å². The van der Waals surface area contributed by atoms with Gasteiger partial charge in [0.1, 0.15) is 6.04 Å². The van der Waals surface area contributed by atoms with Crippen molar-refractivity contribution >= 4 is 11.9 Å². The first-order chi connectivity index (χ1) is 8.60. The average Bonchev–Trinajstić information content (AvgIpc) is 2.88. The second-order valence-electron chi connectivity index (χ2n) is 5.38. The molecule has 0 unspecified atom stereocenters. The summed E-state index contributed by atoms with van der Waals surface area (Å²) in [6, 6.07) is -0.601. The molecule has 2 rings (SSSR count). The molecule has 5 nitrogen and oxygen atoms in total. The lowest BCUT2D eigenvalue weighted by molar-refractivity contribution is -0.154. The molecule has 1 atom stereocenters. The number of hydrogen-bond acceptors (Lipinski definition) is 3. The van der Waals surface area contributed by atoms with Crippen molar-refractivity contribution in [2.45, 2.75) is 45.1 Å². The molecule has 5 heteroatoms. The molecule has 0 aromatic rings. The second kappa shape index (κ2) is 5.26. The molecule has 2 saturated heterocycles. The molecule has 0 radical (unpaired) electrons. The maximum Gasteiger partial charge on any atom is 0.326 e. The highest BCUT2D eigenvalue weighted by Gasteiger charge is 2.45. The molecule has 0 aromatic heterocycles. The standard InChI is InChI=1S/C13H22N2O3/c1-2-13(5-7-14-8-6-13)12(18)15-9-3-4-10(15)11(16)17/h10,14H,2-9H2,1H3,(H,16,17)/t10-/m0/s1. The fraction of sp³-hybridized carbons (Fsp3) is 0.846. The Morgan fingerprint density at radius 2 is 2.06 bits per heavy atom. The highest BCUT2D eigenvalue weighted by molar-refractivity contribution is 5.88. The van der Waals surface area contributed by atoms with E-state index in [-0.39, 0.29) is 11.3 Å². The van der Waals surface area contributed by atoms with Crippen LogP contribution < -0.4 is 5.32 Å². The van der Waals surface area contributed by atoms with E-state index in [0.717, 1.165) is 38.8 Å². The van der Waals surface area contributed by atoms with E-state index in [0.29, 0.717) is 13.0 Å². The van der Waals surface area contributed by atoms with E-state index in [1.165, 1.54) is 0 Å². The monoisotopic (exact) mass is 254 g/mol. The zero-order valence-corrected chi connectivity index (χ0v) is 10.9. The number of piperidine rings is 1. The lowest BCUT2D eigenvalue weighted by Gasteiger charge is -2.39. The third-order valence-electron chi connectivity index (χ3n) is 4.49. The quantitative estimate of drug-likeness (QED) is 0.783. The van der Waals surface area contributed by atoms with Crippen LogP contribution in [0.25, 0.3) is 0 Å². The van der Waals surface area contributed by atoms with E-state index in [9.17, 15) is 14.7 Å². The minimum absolute atomic E-state index is 0.0661. The Bertz CT molecular complexity index is 337. The fourth-order valence-corrected chi connectivity index (χ4v) is 3.20. The van der Waals surface area contributed by atoms with Gasteiger partial charge in [-0.1, -0.05) is 6.92 Å². The number of nitrogens with one attached hydrogen (secondary N) is 1. The van der Waals surface area contributed by atoms with Gasteiger partial charge < -0.3 is 15.3 Å². The van der Waals surface area contributed by atoms with Gasteiger partial charge in [-0.3, -0.25) is 4.79 Å². The largest absolute Gasteiger partial charge is 0.480 e. The molecule has 2 fully saturated rings. The van der Waals surface area contributed by atoms with E-state index < -0.39 is 12.0 Å². The topological polar surface area (TPSA) is 69.6 Å². The number of carboxylic acid groups (broad SMARTS) is 1. The molecule has 18 heavy (non-hydrogen) atoms. The first-order valence-corrected chi connectivity index (χ1v) is 6.85. The molecule has 0 saturated carbocycles. The number of carbonyl (C=O) groups excluding carboxylic acids is 1. The van der Waals surface area contributed by atoms with Gasteiger partial charge in [-0.05, 0) is 45.2 Å². The molecule has 1 amide bonds. The molecule has 2 aliphatic heterocycles. The van der Waals surface area contributed by atoms with Crippen LogP contribution in [0.5, 0.6) is 0 Å². The Kier molecular flexibility index (Phi) is 3.90. The molecule has 0 aromatic carbocycles. The van der Waals surface area contributed by atoms with Crippen molar-refractivity contribution in [3.63, 3.8) is 0 Å². The summed E-state index contributed by atoms with van der Waals surface area (Å²) in [5.41, 5.74) is -0.330. The molecule has 102 valence electrons. The normalized spacial score (nSPS) is 27.2. The van der Waals surface area contributed by atoms with Gasteiger partial charge in [0.15, 0.2) is 0 Å². The minimum atomic E-state index is -0.860. The number of carbonyl (C=O) groups is 2. The predicted molar refractivity (Wildman–Crippen MR) is 67.2 cm³/mol. The van der Waals surface area contributed by atoms with Crippen molar-refractivity contribution in [1.29, 1.82) is 0 Å². The van der Waals surface area contributed by atoms with Gasteiger partial charge in [-0.2, -0.15) is 0 Å². The van der Waals surface area contributed by atoms with Crippen LogP contribution in [0.15, 0.2) is 0 Å². The van der Waals surface area contributed by atoms with Crippen LogP contribution in [-0.4, -0.2) is 47.6 Å². The highest BCUT2D eigenvalue weighted by Crippen LogP contribution is 2.36. The van der Waals surface area contributed by atoms with Crippen molar-refractivity contribution in [2.24, 2.45) is 5.41 Å². The lowest BCUT2D eigenvalue weighted by Crippen LogP contribution is -2.52. The van der Waals surface area contributed by atoms with Gasteiger partial charge in [-0.15, -0.1) is 0 Å². The number of carboxylic acids is 1. The summed E-state index contributed by atoms with van der Waals surface area (Å²) < 4.78 is 0. The minimum Gasteiger partial charge on any atom is -0.480 e. The van der Waals surface area contributed by atoms with Crippen LogP contribution in [0.2, 0.25) is 0 Å². The molecule has 0 spiro atoms. The first kappa shape index (κ1) is 13.3. The predicted octanol–water partition coefficient (Wildman–Crippen LogP) is 0.842.